The van der Waals surface area contributed by atoms with Crippen LogP contribution in [0.5, 0.6) is 0 Å². The molecule has 3 fully saturated rings. The smallest absolute Gasteiger partial charge is 0.236 e. The third-order valence-corrected chi connectivity index (χ3v) is 6.91. The SMILES string of the molecule is O=C(CCC1CCN(C(=O)CN2CCC(c3ccccc3)CC2)CC1)NC1CC1. The quantitative estimate of drug-likeness (QED) is 0.769. The van der Waals surface area contributed by atoms with E-state index >= 15 is 0 Å². The summed E-state index contributed by atoms with van der Waals surface area (Å²) in [5.74, 6) is 1.72. The summed E-state index contributed by atoms with van der Waals surface area (Å²) in [5.41, 5.74) is 1.44. The molecule has 158 valence electrons. The monoisotopic (exact) mass is 397 g/mol. The number of likely N-dealkylation sites (tertiary alicyclic amines) is 2. The molecule has 1 saturated carbocycles. The molecular formula is C24H35N3O2. The first-order valence-corrected chi connectivity index (χ1v) is 11.5. The van der Waals surface area contributed by atoms with E-state index in [2.05, 4.69) is 40.5 Å². The summed E-state index contributed by atoms with van der Waals surface area (Å²) in [6.45, 7) is 4.30. The molecule has 0 radical (unpaired) electrons. The second-order valence-electron chi connectivity index (χ2n) is 9.17. The number of hydrogen-bond acceptors (Lipinski definition) is 3. The van der Waals surface area contributed by atoms with Crippen LogP contribution >= 0.6 is 0 Å². The van der Waals surface area contributed by atoms with E-state index in [0.717, 1.165) is 71.1 Å². The van der Waals surface area contributed by atoms with Crippen molar-refractivity contribution in [2.75, 3.05) is 32.7 Å². The predicted octanol–water partition coefficient (Wildman–Crippen LogP) is 3.16. The lowest BCUT2D eigenvalue weighted by Crippen LogP contribution is -2.46. The molecule has 2 heterocycles. The molecule has 2 aliphatic heterocycles. The zero-order valence-corrected chi connectivity index (χ0v) is 17.5. The number of carbonyl (C=O) groups is 2. The number of nitrogens with one attached hydrogen (secondary N) is 1. The summed E-state index contributed by atoms with van der Waals surface area (Å²) in [6, 6.07) is 11.2. The third kappa shape index (κ3) is 6.05. The van der Waals surface area contributed by atoms with E-state index in [4.69, 9.17) is 0 Å². The summed E-state index contributed by atoms with van der Waals surface area (Å²) in [7, 11) is 0. The highest BCUT2D eigenvalue weighted by molar-refractivity contribution is 5.78. The van der Waals surface area contributed by atoms with Gasteiger partial charge in [0.2, 0.25) is 11.8 Å². The van der Waals surface area contributed by atoms with Gasteiger partial charge in [-0.05, 0) is 75.4 Å². The topological polar surface area (TPSA) is 52.7 Å². The van der Waals surface area contributed by atoms with Crippen molar-refractivity contribution in [3.8, 4) is 0 Å². The largest absolute Gasteiger partial charge is 0.353 e. The minimum atomic E-state index is 0.213. The first-order chi connectivity index (χ1) is 14.2. The van der Waals surface area contributed by atoms with E-state index in [0.29, 0.717) is 30.8 Å². The second kappa shape index (κ2) is 9.75. The van der Waals surface area contributed by atoms with Crippen molar-refractivity contribution in [1.82, 2.24) is 15.1 Å². The Labute approximate surface area is 174 Å². The molecule has 0 unspecified atom stereocenters. The highest BCUT2D eigenvalue weighted by Crippen LogP contribution is 2.28. The molecule has 0 aromatic heterocycles. The number of amides is 2. The summed E-state index contributed by atoms with van der Waals surface area (Å²) >= 11 is 0. The summed E-state index contributed by atoms with van der Waals surface area (Å²) < 4.78 is 0. The molecule has 1 N–H and O–H groups in total. The Morgan fingerprint density at radius 2 is 1.59 bits per heavy atom. The molecule has 5 heteroatoms. The number of nitrogens with zero attached hydrogens (tertiary/aromatic N) is 2. The van der Waals surface area contributed by atoms with Gasteiger partial charge in [-0.2, -0.15) is 0 Å². The Morgan fingerprint density at radius 3 is 2.24 bits per heavy atom. The molecule has 4 rings (SSSR count). The molecule has 1 aromatic carbocycles. The van der Waals surface area contributed by atoms with Crippen molar-refractivity contribution in [2.24, 2.45) is 5.92 Å². The van der Waals surface area contributed by atoms with Gasteiger partial charge in [0.25, 0.3) is 0 Å². The fourth-order valence-corrected chi connectivity index (χ4v) is 4.77. The van der Waals surface area contributed by atoms with Crippen LogP contribution in [-0.2, 0) is 9.59 Å². The van der Waals surface area contributed by atoms with E-state index in [1.807, 2.05) is 4.90 Å². The molecule has 2 saturated heterocycles. The molecule has 2 amide bonds. The highest BCUT2D eigenvalue weighted by Gasteiger charge is 2.27. The van der Waals surface area contributed by atoms with Crippen molar-refractivity contribution in [3.63, 3.8) is 0 Å². The van der Waals surface area contributed by atoms with E-state index in [-0.39, 0.29) is 11.8 Å². The lowest BCUT2D eigenvalue weighted by molar-refractivity contribution is -0.134. The minimum Gasteiger partial charge on any atom is -0.353 e. The Morgan fingerprint density at radius 1 is 0.897 bits per heavy atom. The van der Waals surface area contributed by atoms with Crippen LogP contribution < -0.4 is 5.32 Å². The molecule has 1 aromatic rings. The minimum absolute atomic E-state index is 0.213. The van der Waals surface area contributed by atoms with E-state index in [1.54, 1.807) is 0 Å². The zero-order chi connectivity index (χ0) is 20.1. The van der Waals surface area contributed by atoms with Gasteiger partial charge >= 0.3 is 0 Å². The van der Waals surface area contributed by atoms with Crippen molar-refractivity contribution < 1.29 is 9.59 Å². The summed E-state index contributed by atoms with van der Waals surface area (Å²) in [5, 5.41) is 3.07. The van der Waals surface area contributed by atoms with Gasteiger partial charge in [0.05, 0.1) is 6.54 Å². The molecule has 0 atom stereocenters. The molecule has 3 aliphatic rings. The average molecular weight is 398 g/mol. The Bertz CT molecular complexity index is 673. The van der Waals surface area contributed by atoms with E-state index in [9.17, 15) is 9.59 Å². The molecular weight excluding hydrogens is 362 g/mol. The van der Waals surface area contributed by atoms with E-state index < -0.39 is 0 Å². The van der Waals surface area contributed by atoms with Crippen LogP contribution in [0.4, 0.5) is 0 Å². The van der Waals surface area contributed by atoms with Gasteiger partial charge in [0, 0.05) is 25.6 Å². The maximum absolute atomic E-state index is 12.7. The van der Waals surface area contributed by atoms with Crippen molar-refractivity contribution in [2.45, 2.75) is 63.3 Å². The van der Waals surface area contributed by atoms with Gasteiger partial charge in [-0.1, -0.05) is 30.3 Å². The molecule has 29 heavy (non-hydrogen) atoms. The number of rotatable bonds is 7. The number of benzene rings is 1. The van der Waals surface area contributed by atoms with Crippen LogP contribution in [0, 0.1) is 5.92 Å². The lowest BCUT2D eigenvalue weighted by atomic mass is 9.89. The van der Waals surface area contributed by atoms with Gasteiger partial charge in [0.15, 0.2) is 0 Å². The van der Waals surface area contributed by atoms with Gasteiger partial charge in [0.1, 0.15) is 0 Å². The van der Waals surface area contributed by atoms with Gasteiger partial charge in [-0.15, -0.1) is 0 Å². The van der Waals surface area contributed by atoms with Crippen LogP contribution in [0.1, 0.15) is 62.8 Å². The number of piperidine rings is 2. The van der Waals surface area contributed by atoms with Crippen molar-refractivity contribution >= 4 is 11.8 Å². The first-order valence-electron chi connectivity index (χ1n) is 11.5. The molecule has 1 aliphatic carbocycles. The molecule has 0 spiro atoms. The van der Waals surface area contributed by atoms with Gasteiger partial charge in [-0.3, -0.25) is 14.5 Å². The maximum atomic E-state index is 12.7. The normalized spacial score (nSPS) is 21.9. The van der Waals surface area contributed by atoms with Crippen LogP contribution in [-0.4, -0.2) is 60.4 Å². The summed E-state index contributed by atoms with van der Waals surface area (Å²) in [6.07, 6.45) is 8.27. The van der Waals surface area contributed by atoms with E-state index in [1.165, 1.54) is 5.56 Å². The molecule has 0 bridgehead atoms. The summed E-state index contributed by atoms with van der Waals surface area (Å²) in [4.78, 5) is 29.0. The third-order valence-electron chi connectivity index (χ3n) is 6.91. The van der Waals surface area contributed by atoms with Crippen LogP contribution in [0.2, 0.25) is 0 Å². The first kappa shape index (κ1) is 20.4. The Balaban J connectivity index is 1.13. The predicted molar refractivity (Wildman–Crippen MR) is 115 cm³/mol. The second-order valence-corrected chi connectivity index (χ2v) is 9.17. The van der Waals surface area contributed by atoms with Crippen LogP contribution in [0.3, 0.4) is 0 Å². The van der Waals surface area contributed by atoms with Crippen molar-refractivity contribution in [1.29, 1.82) is 0 Å². The zero-order valence-electron chi connectivity index (χ0n) is 17.5. The van der Waals surface area contributed by atoms with Crippen LogP contribution in [0.25, 0.3) is 0 Å². The molecule has 5 nitrogen and oxygen atoms in total. The van der Waals surface area contributed by atoms with Gasteiger partial charge < -0.3 is 10.2 Å². The fourth-order valence-electron chi connectivity index (χ4n) is 4.77. The number of hydrogen-bond donors (Lipinski definition) is 1. The Hall–Kier alpha value is -1.88. The maximum Gasteiger partial charge on any atom is 0.236 e. The lowest BCUT2D eigenvalue weighted by Gasteiger charge is -2.36. The fraction of sp³-hybridized carbons (Fsp3) is 0.667. The Kier molecular flexibility index (Phi) is 6.86. The highest BCUT2D eigenvalue weighted by atomic mass is 16.2. The number of carbonyl (C=O) groups excluding carboxylic acids is 2. The average Bonchev–Trinajstić information content (AvgIpc) is 3.58. The van der Waals surface area contributed by atoms with Gasteiger partial charge in [-0.25, -0.2) is 0 Å². The van der Waals surface area contributed by atoms with Crippen LogP contribution in [0.15, 0.2) is 30.3 Å². The standard InChI is InChI=1S/C24H35N3O2/c28-23(25-22-7-8-22)9-6-19-10-16-27(17-11-19)24(29)18-26-14-12-21(13-15-26)20-4-2-1-3-5-20/h1-5,19,21-22H,6-18H2,(H,25,28). The van der Waals surface area contributed by atoms with Crippen molar-refractivity contribution in [3.05, 3.63) is 35.9 Å².